The van der Waals surface area contributed by atoms with Crippen molar-refractivity contribution in [3.63, 3.8) is 0 Å². The molecule has 2 nitrogen and oxygen atoms in total. The molecule has 0 aliphatic carbocycles. The Balaban J connectivity index is 2.04. The quantitative estimate of drug-likeness (QED) is 0.414. The van der Waals surface area contributed by atoms with Gasteiger partial charge in [0.05, 0.1) is 6.10 Å². The summed E-state index contributed by atoms with van der Waals surface area (Å²) in [5.41, 5.74) is 1.04. The molecule has 23 heavy (non-hydrogen) atoms. The summed E-state index contributed by atoms with van der Waals surface area (Å²) in [4.78, 5) is 0. The van der Waals surface area contributed by atoms with Crippen LogP contribution in [0.15, 0.2) is 30.3 Å². The largest absolute Gasteiger partial charge is 0.417 e. The molecule has 0 bridgehead atoms. The molecule has 1 atom stereocenters. The average Bonchev–Trinajstić information content (AvgIpc) is 2.49. The maximum absolute atomic E-state index is 10.1. The maximum atomic E-state index is 10.1. The molecule has 0 spiro atoms. The Morgan fingerprint density at radius 1 is 0.957 bits per heavy atom. The Morgan fingerprint density at radius 2 is 1.52 bits per heavy atom. The number of benzene rings is 1. The van der Waals surface area contributed by atoms with Crippen molar-refractivity contribution in [2.24, 2.45) is 0 Å². The summed E-state index contributed by atoms with van der Waals surface area (Å²) in [6, 6.07) is 9.97. The topological polar surface area (TPSA) is 29.5 Å². The summed E-state index contributed by atoms with van der Waals surface area (Å²) >= 11 is 0. The van der Waals surface area contributed by atoms with E-state index in [-0.39, 0.29) is 6.10 Å². The van der Waals surface area contributed by atoms with Crippen molar-refractivity contribution in [2.45, 2.75) is 83.5 Å². The second-order valence-corrected chi connectivity index (χ2v) is 12.9. The maximum Gasteiger partial charge on any atom is 0.191 e. The fourth-order valence-electron chi connectivity index (χ4n) is 2.36. The molecule has 1 aromatic rings. The van der Waals surface area contributed by atoms with Crippen molar-refractivity contribution < 1.29 is 9.53 Å². The molecule has 0 saturated heterocycles. The van der Waals surface area contributed by atoms with Crippen LogP contribution in [0.2, 0.25) is 18.1 Å². The highest BCUT2D eigenvalue weighted by Crippen LogP contribution is 2.36. The highest BCUT2D eigenvalue weighted by Gasteiger charge is 2.36. The van der Waals surface area contributed by atoms with Gasteiger partial charge in [-0.15, -0.1) is 0 Å². The molecule has 0 amide bonds. The number of hydrogen-bond acceptors (Lipinski definition) is 2. The van der Waals surface area contributed by atoms with E-state index in [9.17, 15) is 5.11 Å². The Hall–Kier alpha value is -0.643. The monoisotopic (exact) mass is 336 g/mol. The van der Waals surface area contributed by atoms with Crippen LogP contribution in [-0.4, -0.2) is 20.0 Å². The Morgan fingerprint density at radius 3 is 2.13 bits per heavy atom. The van der Waals surface area contributed by atoms with Gasteiger partial charge in [-0.05, 0) is 36.5 Å². The van der Waals surface area contributed by atoms with Crippen molar-refractivity contribution >= 4 is 8.32 Å². The Labute approximate surface area is 144 Å². The van der Waals surface area contributed by atoms with E-state index in [0.29, 0.717) is 5.04 Å². The van der Waals surface area contributed by atoms with Crippen molar-refractivity contribution in [2.75, 3.05) is 6.61 Å². The Bertz CT molecular complexity index is 423. The van der Waals surface area contributed by atoms with E-state index in [4.69, 9.17) is 4.43 Å². The van der Waals surface area contributed by atoms with Gasteiger partial charge in [0.25, 0.3) is 0 Å². The number of aliphatic hydroxyl groups excluding tert-OH is 1. The van der Waals surface area contributed by atoms with E-state index < -0.39 is 8.32 Å². The van der Waals surface area contributed by atoms with Gasteiger partial charge >= 0.3 is 0 Å². The van der Waals surface area contributed by atoms with Crippen LogP contribution in [0.3, 0.4) is 0 Å². The minimum atomic E-state index is -1.57. The van der Waals surface area contributed by atoms with E-state index in [1.54, 1.807) is 0 Å². The molecule has 3 heteroatoms. The van der Waals surface area contributed by atoms with Crippen LogP contribution in [0.25, 0.3) is 0 Å². The van der Waals surface area contributed by atoms with Gasteiger partial charge < -0.3 is 9.53 Å². The van der Waals surface area contributed by atoms with E-state index in [1.807, 2.05) is 30.3 Å². The Kier molecular flexibility index (Phi) is 8.52. The fraction of sp³-hybridized carbons (Fsp3) is 0.700. The predicted molar refractivity (Wildman–Crippen MR) is 102 cm³/mol. The number of unbranched alkanes of at least 4 members (excludes halogenated alkanes) is 4. The third-order valence-electron chi connectivity index (χ3n) is 5.08. The van der Waals surface area contributed by atoms with Crippen molar-refractivity contribution in [1.29, 1.82) is 0 Å². The van der Waals surface area contributed by atoms with Crippen LogP contribution >= 0.6 is 0 Å². The first kappa shape index (κ1) is 20.4. The summed E-state index contributed by atoms with van der Waals surface area (Å²) in [6.07, 6.45) is 6.48. The summed E-state index contributed by atoms with van der Waals surface area (Å²) in [5, 5.41) is 10.4. The van der Waals surface area contributed by atoms with Gasteiger partial charge in [-0.3, -0.25) is 0 Å². The molecule has 0 aliphatic heterocycles. The SMILES string of the molecule is CC(C)(C)[Si](C)(C)OCCCCCCCC(O)c1ccccc1. The predicted octanol–water partition coefficient (Wildman–Crippen LogP) is 6.08. The standard InChI is InChI=1S/C20H36O2Si/c1-20(2,3)23(4,5)22-17-13-8-6-7-12-16-19(21)18-14-10-9-11-15-18/h9-11,14-15,19,21H,6-8,12-13,16-17H2,1-5H3. The van der Waals surface area contributed by atoms with Crippen molar-refractivity contribution in [1.82, 2.24) is 0 Å². The van der Waals surface area contributed by atoms with E-state index in [2.05, 4.69) is 33.9 Å². The molecule has 1 rings (SSSR count). The molecule has 132 valence electrons. The minimum absolute atomic E-state index is 0.306. The van der Waals surface area contributed by atoms with Crippen LogP contribution in [0.5, 0.6) is 0 Å². The highest BCUT2D eigenvalue weighted by molar-refractivity contribution is 6.74. The zero-order valence-electron chi connectivity index (χ0n) is 15.8. The van der Waals surface area contributed by atoms with Gasteiger partial charge in [-0.25, -0.2) is 0 Å². The minimum Gasteiger partial charge on any atom is -0.417 e. The fourth-order valence-corrected chi connectivity index (χ4v) is 3.44. The lowest BCUT2D eigenvalue weighted by molar-refractivity contribution is 0.163. The molecule has 1 aromatic carbocycles. The molecule has 0 radical (unpaired) electrons. The second-order valence-electron chi connectivity index (χ2n) is 8.09. The van der Waals surface area contributed by atoms with E-state index >= 15 is 0 Å². The molecular formula is C20H36O2Si. The third-order valence-corrected chi connectivity index (χ3v) is 9.61. The number of hydrogen-bond donors (Lipinski definition) is 1. The zero-order valence-corrected chi connectivity index (χ0v) is 16.8. The average molecular weight is 337 g/mol. The lowest BCUT2D eigenvalue weighted by Gasteiger charge is -2.36. The van der Waals surface area contributed by atoms with Gasteiger partial charge in [-0.1, -0.05) is 76.8 Å². The number of aliphatic hydroxyl groups is 1. The second kappa shape index (κ2) is 9.60. The van der Waals surface area contributed by atoms with Gasteiger partial charge in [-0.2, -0.15) is 0 Å². The van der Waals surface area contributed by atoms with Crippen molar-refractivity contribution in [3.8, 4) is 0 Å². The summed E-state index contributed by atoms with van der Waals surface area (Å²) < 4.78 is 6.20. The third kappa shape index (κ3) is 7.64. The van der Waals surface area contributed by atoms with Gasteiger partial charge in [0.1, 0.15) is 0 Å². The molecule has 0 aromatic heterocycles. The highest BCUT2D eigenvalue weighted by atomic mass is 28.4. The van der Waals surface area contributed by atoms with Crippen LogP contribution < -0.4 is 0 Å². The molecule has 0 heterocycles. The molecular weight excluding hydrogens is 300 g/mol. The lowest BCUT2D eigenvalue weighted by Crippen LogP contribution is -2.40. The van der Waals surface area contributed by atoms with Gasteiger partial charge in [0.15, 0.2) is 8.32 Å². The zero-order chi connectivity index (χ0) is 17.3. The molecule has 1 unspecified atom stereocenters. The van der Waals surface area contributed by atoms with Gasteiger partial charge in [0.2, 0.25) is 0 Å². The number of rotatable bonds is 10. The molecule has 0 aliphatic rings. The smallest absolute Gasteiger partial charge is 0.191 e. The van der Waals surface area contributed by atoms with E-state index in [0.717, 1.165) is 31.4 Å². The van der Waals surface area contributed by atoms with E-state index in [1.165, 1.54) is 19.3 Å². The lowest BCUT2D eigenvalue weighted by atomic mass is 10.0. The first-order chi connectivity index (χ1) is 10.7. The van der Waals surface area contributed by atoms with Crippen molar-refractivity contribution in [3.05, 3.63) is 35.9 Å². The molecule has 0 saturated carbocycles. The molecule has 1 N–H and O–H groups in total. The van der Waals surface area contributed by atoms with Gasteiger partial charge in [0, 0.05) is 6.61 Å². The summed E-state index contributed by atoms with van der Waals surface area (Å²) in [6.45, 7) is 12.4. The summed E-state index contributed by atoms with van der Waals surface area (Å²) in [7, 11) is -1.57. The van der Waals surface area contributed by atoms with Crippen LogP contribution in [-0.2, 0) is 4.43 Å². The summed E-state index contributed by atoms with van der Waals surface area (Å²) in [5.74, 6) is 0. The normalized spacial score (nSPS) is 14.0. The molecule has 0 fully saturated rings. The van der Waals surface area contributed by atoms with Crippen LogP contribution in [0.1, 0.15) is 71.0 Å². The first-order valence-corrected chi connectivity index (χ1v) is 12.0. The van der Waals surface area contributed by atoms with Crippen LogP contribution in [0, 0.1) is 0 Å². The van der Waals surface area contributed by atoms with Crippen LogP contribution in [0.4, 0.5) is 0 Å². The first-order valence-electron chi connectivity index (χ1n) is 9.11.